The van der Waals surface area contributed by atoms with Crippen LogP contribution in [0.25, 0.3) is 0 Å². The maximum absolute atomic E-state index is 10.5. The molecule has 1 aromatic carbocycles. The SMILES string of the molecule is NCCc1ccc(CC(N)C(=O)O)cc1. The van der Waals surface area contributed by atoms with E-state index in [0.29, 0.717) is 13.0 Å². The number of benzene rings is 1. The number of rotatable bonds is 5. The normalized spacial score (nSPS) is 12.4. The van der Waals surface area contributed by atoms with Crippen LogP contribution in [-0.2, 0) is 17.6 Å². The van der Waals surface area contributed by atoms with Gasteiger partial charge in [0.15, 0.2) is 0 Å². The Bertz CT molecular complexity index is 322. The minimum atomic E-state index is -0.971. The first-order valence-electron chi connectivity index (χ1n) is 4.89. The average molecular weight is 208 g/mol. The van der Waals surface area contributed by atoms with E-state index >= 15 is 0 Å². The lowest BCUT2D eigenvalue weighted by atomic mass is 10.0. The molecule has 0 saturated heterocycles. The maximum atomic E-state index is 10.5. The summed E-state index contributed by atoms with van der Waals surface area (Å²) in [7, 11) is 0. The minimum absolute atomic E-state index is 0.359. The van der Waals surface area contributed by atoms with E-state index in [4.69, 9.17) is 16.6 Å². The standard InChI is InChI=1S/C11H16N2O2/c12-6-5-8-1-3-9(4-2-8)7-10(13)11(14)15/h1-4,10H,5-7,12-13H2,(H,14,15). The van der Waals surface area contributed by atoms with E-state index in [1.165, 1.54) is 0 Å². The molecule has 0 aliphatic rings. The molecule has 0 spiro atoms. The molecule has 0 bridgehead atoms. The van der Waals surface area contributed by atoms with Gasteiger partial charge in [0, 0.05) is 0 Å². The summed E-state index contributed by atoms with van der Waals surface area (Å²) in [6.07, 6.45) is 1.20. The minimum Gasteiger partial charge on any atom is -0.480 e. The summed E-state index contributed by atoms with van der Waals surface area (Å²) >= 11 is 0. The van der Waals surface area contributed by atoms with Gasteiger partial charge in [0.25, 0.3) is 0 Å². The molecule has 1 aromatic rings. The lowest BCUT2D eigenvalue weighted by Gasteiger charge is -2.07. The highest BCUT2D eigenvalue weighted by atomic mass is 16.4. The summed E-state index contributed by atoms with van der Waals surface area (Å²) in [5.41, 5.74) is 12.9. The summed E-state index contributed by atoms with van der Waals surface area (Å²) in [6.45, 7) is 0.619. The number of nitrogens with two attached hydrogens (primary N) is 2. The third kappa shape index (κ3) is 3.69. The second kappa shape index (κ2) is 5.48. The number of carboxylic acid groups (broad SMARTS) is 1. The molecule has 0 aliphatic carbocycles. The molecular weight excluding hydrogens is 192 g/mol. The van der Waals surface area contributed by atoms with Gasteiger partial charge in [0.1, 0.15) is 6.04 Å². The number of carboxylic acids is 1. The lowest BCUT2D eigenvalue weighted by molar-refractivity contribution is -0.138. The highest BCUT2D eigenvalue weighted by Crippen LogP contribution is 2.06. The van der Waals surface area contributed by atoms with Crippen LogP contribution in [0.3, 0.4) is 0 Å². The van der Waals surface area contributed by atoms with Gasteiger partial charge in [0.05, 0.1) is 0 Å². The van der Waals surface area contributed by atoms with Crippen LogP contribution in [0, 0.1) is 0 Å². The molecule has 4 nitrogen and oxygen atoms in total. The van der Waals surface area contributed by atoms with Crippen molar-refractivity contribution in [2.45, 2.75) is 18.9 Å². The van der Waals surface area contributed by atoms with E-state index in [-0.39, 0.29) is 0 Å². The van der Waals surface area contributed by atoms with Crippen molar-refractivity contribution in [3.63, 3.8) is 0 Å². The molecule has 5 N–H and O–H groups in total. The predicted molar refractivity (Wildman–Crippen MR) is 58.5 cm³/mol. The van der Waals surface area contributed by atoms with E-state index in [0.717, 1.165) is 17.5 Å². The van der Waals surface area contributed by atoms with Crippen molar-refractivity contribution in [1.29, 1.82) is 0 Å². The van der Waals surface area contributed by atoms with E-state index in [9.17, 15) is 4.79 Å². The van der Waals surface area contributed by atoms with Gasteiger partial charge < -0.3 is 16.6 Å². The Morgan fingerprint density at radius 2 is 1.80 bits per heavy atom. The van der Waals surface area contributed by atoms with Gasteiger partial charge in [-0.2, -0.15) is 0 Å². The van der Waals surface area contributed by atoms with Crippen molar-refractivity contribution >= 4 is 5.97 Å². The molecule has 0 aliphatic heterocycles. The van der Waals surface area contributed by atoms with Gasteiger partial charge in [0.2, 0.25) is 0 Å². The van der Waals surface area contributed by atoms with Gasteiger partial charge >= 0.3 is 5.97 Å². The zero-order valence-corrected chi connectivity index (χ0v) is 8.52. The molecule has 0 heterocycles. The van der Waals surface area contributed by atoms with E-state index in [1.54, 1.807) is 0 Å². The van der Waals surface area contributed by atoms with E-state index in [2.05, 4.69) is 0 Å². The smallest absolute Gasteiger partial charge is 0.320 e. The van der Waals surface area contributed by atoms with Crippen LogP contribution in [0.1, 0.15) is 11.1 Å². The van der Waals surface area contributed by atoms with E-state index < -0.39 is 12.0 Å². The van der Waals surface area contributed by atoms with Gasteiger partial charge in [-0.05, 0) is 30.5 Å². The van der Waals surface area contributed by atoms with Gasteiger partial charge in [-0.25, -0.2) is 0 Å². The van der Waals surface area contributed by atoms with Crippen molar-refractivity contribution in [2.24, 2.45) is 11.5 Å². The topological polar surface area (TPSA) is 89.3 Å². The van der Waals surface area contributed by atoms with Crippen molar-refractivity contribution in [3.05, 3.63) is 35.4 Å². The number of hydrogen-bond acceptors (Lipinski definition) is 3. The molecule has 1 atom stereocenters. The Morgan fingerprint density at radius 1 is 1.27 bits per heavy atom. The molecule has 0 aromatic heterocycles. The molecule has 0 fully saturated rings. The maximum Gasteiger partial charge on any atom is 0.320 e. The lowest BCUT2D eigenvalue weighted by Crippen LogP contribution is -2.32. The summed E-state index contributed by atoms with van der Waals surface area (Å²) in [4.78, 5) is 10.5. The highest BCUT2D eigenvalue weighted by molar-refractivity contribution is 5.73. The van der Waals surface area contributed by atoms with Gasteiger partial charge in [-0.1, -0.05) is 24.3 Å². The Labute approximate surface area is 88.9 Å². The van der Waals surface area contributed by atoms with Crippen LogP contribution in [0.5, 0.6) is 0 Å². The quantitative estimate of drug-likeness (QED) is 0.642. The van der Waals surface area contributed by atoms with Crippen LogP contribution in [-0.4, -0.2) is 23.7 Å². The van der Waals surface area contributed by atoms with Crippen LogP contribution in [0.15, 0.2) is 24.3 Å². The van der Waals surface area contributed by atoms with E-state index in [1.807, 2.05) is 24.3 Å². The second-order valence-electron chi connectivity index (χ2n) is 3.50. The number of hydrogen-bond donors (Lipinski definition) is 3. The van der Waals surface area contributed by atoms with Crippen molar-refractivity contribution in [2.75, 3.05) is 6.54 Å². The molecule has 1 rings (SSSR count). The van der Waals surface area contributed by atoms with Crippen molar-refractivity contribution < 1.29 is 9.90 Å². The summed E-state index contributed by atoms with van der Waals surface area (Å²) in [5.74, 6) is -0.971. The fourth-order valence-corrected chi connectivity index (χ4v) is 1.35. The molecule has 4 heteroatoms. The number of carbonyl (C=O) groups is 1. The molecule has 0 saturated carbocycles. The first-order chi connectivity index (χ1) is 7.13. The van der Waals surface area contributed by atoms with Crippen LogP contribution >= 0.6 is 0 Å². The largest absolute Gasteiger partial charge is 0.480 e. The zero-order valence-electron chi connectivity index (χ0n) is 8.52. The predicted octanol–water partition coefficient (Wildman–Crippen LogP) is 0.142. The molecule has 0 radical (unpaired) electrons. The summed E-state index contributed by atoms with van der Waals surface area (Å²) in [6, 6.07) is 6.88. The van der Waals surface area contributed by atoms with Crippen LogP contribution in [0.2, 0.25) is 0 Å². The molecule has 1 unspecified atom stereocenters. The van der Waals surface area contributed by atoms with Gasteiger partial charge in [-0.15, -0.1) is 0 Å². The number of aliphatic carboxylic acids is 1. The molecular formula is C11H16N2O2. The first-order valence-corrected chi connectivity index (χ1v) is 4.89. The zero-order chi connectivity index (χ0) is 11.3. The third-order valence-electron chi connectivity index (χ3n) is 2.23. The summed E-state index contributed by atoms with van der Waals surface area (Å²) < 4.78 is 0. The molecule has 15 heavy (non-hydrogen) atoms. The Kier molecular flexibility index (Phi) is 4.27. The Morgan fingerprint density at radius 3 is 2.27 bits per heavy atom. The van der Waals surface area contributed by atoms with Gasteiger partial charge in [-0.3, -0.25) is 4.79 Å². The Balaban J connectivity index is 2.60. The second-order valence-corrected chi connectivity index (χ2v) is 3.50. The summed E-state index contributed by atoms with van der Waals surface area (Å²) in [5, 5.41) is 8.64. The Hall–Kier alpha value is -1.39. The molecule has 82 valence electrons. The van der Waals surface area contributed by atoms with Crippen molar-refractivity contribution in [3.8, 4) is 0 Å². The monoisotopic (exact) mass is 208 g/mol. The van der Waals surface area contributed by atoms with Crippen LogP contribution in [0.4, 0.5) is 0 Å². The third-order valence-corrected chi connectivity index (χ3v) is 2.23. The fourth-order valence-electron chi connectivity index (χ4n) is 1.35. The van der Waals surface area contributed by atoms with Crippen LogP contribution < -0.4 is 11.5 Å². The van der Waals surface area contributed by atoms with Crippen molar-refractivity contribution in [1.82, 2.24) is 0 Å². The fraction of sp³-hybridized carbons (Fsp3) is 0.364. The average Bonchev–Trinajstić information content (AvgIpc) is 2.21. The highest BCUT2D eigenvalue weighted by Gasteiger charge is 2.11. The first kappa shape index (κ1) is 11.7. The molecule has 0 amide bonds.